The van der Waals surface area contributed by atoms with Gasteiger partial charge in [0.05, 0.1) is 12.2 Å². The van der Waals surface area contributed by atoms with Crippen molar-refractivity contribution in [2.45, 2.75) is 56.7 Å². The lowest BCUT2D eigenvalue weighted by atomic mass is 9.87. The largest absolute Gasteiger partial charge is 0.394 e. The summed E-state index contributed by atoms with van der Waals surface area (Å²) in [5.41, 5.74) is -0.000363. The lowest BCUT2D eigenvalue weighted by Crippen LogP contribution is -2.55. The summed E-state index contributed by atoms with van der Waals surface area (Å²) in [6, 6.07) is 0.500. The zero-order valence-corrected chi connectivity index (χ0v) is 11.8. The highest BCUT2D eigenvalue weighted by atomic mass is 32.2. The summed E-state index contributed by atoms with van der Waals surface area (Å²) in [6.45, 7) is 5.31. The van der Waals surface area contributed by atoms with Crippen molar-refractivity contribution in [2.24, 2.45) is 0 Å². The molecule has 2 aliphatic heterocycles. The van der Waals surface area contributed by atoms with E-state index in [1.54, 1.807) is 0 Å². The number of hydrogen-bond donors (Lipinski definition) is 2. The molecule has 2 fully saturated rings. The fourth-order valence-electron chi connectivity index (χ4n) is 2.77. The summed E-state index contributed by atoms with van der Waals surface area (Å²) in [5, 5.41) is 13.1. The van der Waals surface area contributed by atoms with Crippen LogP contribution in [0.3, 0.4) is 0 Å². The van der Waals surface area contributed by atoms with Crippen LogP contribution in [0.15, 0.2) is 0 Å². The average Bonchev–Trinajstić information content (AvgIpc) is 2.77. The minimum absolute atomic E-state index is 0.130. The fourth-order valence-corrected chi connectivity index (χ4v) is 4.14. The Hall–Kier alpha value is 0.230. The van der Waals surface area contributed by atoms with Gasteiger partial charge in [-0.15, -0.1) is 0 Å². The molecule has 0 amide bonds. The highest BCUT2D eigenvalue weighted by Gasteiger charge is 2.41. The maximum Gasteiger partial charge on any atom is 0.0795 e. The van der Waals surface area contributed by atoms with Crippen LogP contribution in [0.5, 0.6) is 0 Å². The number of thioether (sulfide) groups is 1. The third-order valence-corrected chi connectivity index (χ3v) is 5.47. The van der Waals surface area contributed by atoms with E-state index in [1.165, 1.54) is 12.2 Å². The number of nitrogens with one attached hydrogen (secondary N) is 1. The zero-order chi connectivity index (χ0) is 12.4. The van der Waals surface area contributed by atoms with Crippen LogP contribution < -0.4 is 5.32 Å². The lowest BCUT2D eigenvalue weighted by Gasteiger charge is -2.42. The molecular formula is C13H25NO2S. The number of hydrogen-bond acceptors (Lipinski definition) is 4. The first-order chi connectivity index (χ1) is 8.11. The maximum atomic E-state index is 9.47. The Labute approximate surface area is 109 Å². The molecule has 0 aromatic heterocycles. The van der Waals surface area contributed by atoms with E-state index in [0.717, 1.165) is 31.6 Å². The Bertz CT molecular complexity index is 248. The van der Waals surface area contributed by atoms with E-state index < -0.39 is 0 Å². The molecule has 3 unspecified atom stereocenters. The Morgan fingerprint density at radius 1 is 1.59 bits per heavy atom. The van der Waals surface area contributed by atoms with E-state index in [2.05, 4.69) is 19.2 Å². The monoisotopic (exact) mass is 259 g/mol. The Kier molecular flexibility index (Phi) is 4.40. The van der Waals surface area contributed by atoms with Gasteiger partial charge >= 0.3 is 0 Å². The van der Waals surface area contributed by atoms with Gasteiger partial charge in [0.2, 0.25) is 0 Å². The van der Waals surface area contributed by atoms with Gasteiger partial charge in [0, 0.05) is 23.9 Å². The summed E-state index contributed by atoms with van der Waals surface area (Å²) in [7, 11) is 0. The van der Waals surface area contributed by atoms with Crippen molar-refractivity contribution in [3.8, 4) is 0 Å². The molecule has 0 aromatic rings. The predicted molar refractivity (Wildman–Crippen MR) is 72.6 cm³/mol. The minimum Gasteiger partial charge on any atom is -0.394 e. The quantitative estimate of drug-likeness (QED) is 0.808. The van der Waals surface area contributed by atoms with Gasteiger partial charge in [-0.1, -0.05) is 6.92 Å². The molecule has 3 nitrogen and oxygen atoms in total. The van der Waals surface area contributed by atoms with Gasteiger partial charge in [0.25, 0.3) is 0 Å². The molecule has 2 heterocycles. The Morgan fingerprint density at radius 2 is 2.41 bits per heavy atom. The molecule has 2 aliphatic rings. The molecule has 0 saturated carbocycles. The predicted octanol–water partition coefficient (Wildman–Crippen LogP) is 1.79. The highest BCUT2D eigenvalue weighted by Crippen LogP contribution is 2.38. The molecule has 0 aliphatic carbocycles. The third-order valence-electron chi connectivity index (χ3n) is 4.24. The van der Waals surface area contributed by atoms with Crippen molar-refractivity contribution in [3.05, 3.63) is 0 Å². The van der Waals surface area contributed by atoms with Gasteiger partial charge in [-0.2, -0.15) is 11.8 Å². The van der Waals surface area contributed by atoms with Crippen LogP contribution in [0, 0.1) is 0 Å². The van der Waals surface area contributed by atoms with Crippen LogP contribution in [-0.4, -0.2) is 47.0 Å². The number of ether oxygens (including phenoxy) is 1. The van der Waals surface area contributed by atoms with Gasteiger partial charge in [-0.05, 0) is 38.4 Å². The first kappa shape index (κ1) is 13.7. The van der Waals surface area contributed by atoms with Crippen molar-refractivity contribution in [1.82, 2.24) is 5.32 Å². The van der Waals surface area contributed by atoms with Crippen molar-refractivity contribution < 1.29 is 9.84 Å². The molecule has 4 heteroatoms. The molecule has 3 atom stereocenters. The molecule has 0 radical (unpaired) electrons. The Balaban J connectivity index is 1.93. The highest BCUT2D eigenvalue weighted by molar-refractivity contribution is 7.99. The molecular weight excluding hydrogens is 234 g/mol. The second-order valence-corrected chi connectivity index (χ2v) is 6.85. The summed E-state index contributed by atoms with van der Waals surface area (Å²) < 4.78 is 6.02. The second kappa shape index (κ2) is 5.47. The molecule has 2 saturated heterocycles. The van der Waals surface area contributed by atoms with E-state index in [1.807, 2.05) is 11.8 Å². The molecule has 2 rings (SSSR count). The number of aliphatic hydroxyl groups is 1. The fraction of sp³-hybridized carbons (Fsp3) is 1.00. The van der Waals surface area contributed by atoms with Gasteiger partial charge < -0.3 is 15.2 Å². The molecule has 0 aromatic carbocycles. The standard InChI is InChI=1S/C13H25NO2S/c1-3-12(2,9-15)14-11-4-6-16-13(8-11)5-7-17-10-13/h11,14-15H,3-10H2,1-2H3. The smallest absolute Gasteiger partial charge is 0.0795 e. The molecule has 100 valence electrons. The van der Waals surface area contributed by atoms with Crippen LogP contribution in [0.25, 0.3) is 0 Å². The van der Waals surface area contributed by atoms with Crippen molar-refractivity contribution >= 4 is 11.8 Å². The van der Waals surface area contributed by atoms with Gasteiger partial charge in [0.1, 0.15) is 0 Å². The average molecular weight is 259 g/mol. The van der Waals surface area contributed by atoms with Gasteiger partial charge in [-0.25, -0.2) is 0 Å². The molecule has 2 N–H and O–H groups in total. The van der Waals surface area contributed by atoms with E-state index in [0.29, 0.717) is 6.04 Å². The topological polar surface area (TPSA) is 41.5 Å². The normalized spacial score (nSPS) is 37.2. The van der Waals surface area contributed by atoms with E-state index in [-0.39, 0.29) is 17.7 Å². The maximum absolute atomic E-state index is 9.47. The van der Waals surface area contributed by atoms with Crippen molar-refractivity contribution in [3.63, 3.8) is 0 Å². The first-order valence-electron chi connectivity index (χ1n) is 6.72. The Morgan fingerprint density at radius 3 is 3.00 bits per heavy atom. The van der Waals surface area contributed by atoms with Crippen LogP contribution in [0.2, 0.25) is 0 Å². The van der Waals surface area contributed by atoms with Gasteiger partial charge in [0.15, 0.2) is 0 Å². The zero-order valence-electron chi connectivity index (χ0n) is 11.0. The van der Waals surface area contributed by atoms with Gasteiger partial charge in [-0.3, -0.25) is 0 Å². The van der Waals surface area contributed by atoms with Crippen molar-refractivity contribution in [2.75, 3.05) is 24.7 Å². The SMILES string of the molecule is CCC(C)(CO)NC1CCOC2(CCSC2)C1. The number of aliphatic hydroxyl groups excluding tert-OH is 1. The van der Waals surface area contributed by atoms with E-state index >= 15 is 0 Å². The summed E-state index contributed by atoms with van der Waals surface area (Å²) in [6.07, 6.45) is 4.33. The number of rotatable bonds is 4. The summed E-state index contributed by atoms with van der Waals surface area (Å²) in [5.74, 6) is 2.38. The van der Waals surface area contributed by atoms with Crippen LogP contribution >= 0.6 is 11.8 Å². The van der Waals surface area contributed by atoms with E-state index in [4.69, 9.17) is 4.74 Å². The summed E-state index contributed by atoms with van der Waals surface area (Å²) in [4.78, 5) is 0. The molecule has 1 spiro atoms. The molecule has 17 heavy (non-hydrogen) atoms. The molecule has 0 bridgehead atoms. The lowest BCUT2D eigenvalue weighted by molar-refractivity contribution is -0.0747. The van der Waals surface area contributed by atoms with Crippen LogP contribution in [-0.2, 0) is 4.74 Å². The third kappa shape index (κ3) is 3.16. The summed E-state index contributed by atoms with van der Waals surface area (Å²) >= 11 is 2.01. The minimum atomic E-state index is -0.130. The van der Waals surface area contributed by atoms with Crippen molar-refractivity contribution in [1.29, 1.82) is 0 Å². The van der Waals surface area contributed by atoms with Crippen LogP contribution in [0.4, 0.5) is 0 Å². The first-order valence-corrected chi connectivity index (χ1v) is 7.87. The van der Waals surface area contributed by atoms with Crippen LogP contribution in [0.1, 0.15) is 39.5 Å². The van der Waals surface area contributed by atoms with E-state index in [9.17, 15) is 5.11 Å². The second-order valence-electron chi connectivity index (χ2n) is 5.74.